The van der Waals surface area contributed by atoms with Crippen LogP contribution in [0.25, 0.3) is 16.0 Å². The number of rotatable bonds is 12. The van der Waals surface area contributed by atoms with Crippen molar-refractivity contribution < 1.29 is 14.2 Å². The van der Waals surface area contributed by atoms with Gasteiger partial charge in [-0.25, -0.2) is 0 Å². The summed E-state index contributed by atoms with van der Waals surface area (Å²) in [7, 11) is 14.6. The van der Waals surface area contributed by atoms with Crippen molar-refractivity contribution in [2.45, 2.75) is 40.0 Å². The first-order valence-electron chi connectivity index (χ1n) is 6.59. The summed E-state index contributed by atoms with van der Waals surface area (Å²) in [6.45, 7) is 8.83. The van der Waals surface area contributed by atoms with Crippen molar-refractivity contribution in [3.8, 4) is 0 Å². The van der Waals surface area contributed by atoms with Gasteiger partial charge in [-0.15, -0.1) is 0 Å². The Morgan fingerprint density at radius 2 is 1.00 bits per heavy atom. The van der Waals surface area contributed by atoms with Gasteiger partial charge in [0.25, 0.3) is 0 Å². The van der Waals surface area contributed by atoms with Gasteiger partial charge in [0.1, 0.15) is 0 Å². The summed E-state index contributed by atoms with van der Waals surface area (Å²) in [5, 5.41) is 12.4. The van der Waals surface area contributed by atoms with E-state index in [1.807, 2.05) is 0 Å². The molecule has 0 atom stereocenters. The minimum atomic E-state index is -2.11. The van der Waals surface area contributed by atoms with Crippen molar-refractivity contribution in [2.24, 2.45) is 0 Å². The van der Waals surface area contributed by atoms with E-state index in [9.17, 15) is 0 Å². The molecule has 123 valence electrons. The van der Waals surface area contributed by atoms with Gasteiger partial charge >= 0.3 is 42.4 Å². The van der Waals surface area contributed by atoms with Gasteiger partial charge in [0, 0.05) is 0 Å². The third kappa shape index (κ3) is 24.4. The van der Waals surface area contributed by atoms with Crippen LogP contribution in [-0.2, 0) is 14.2 Å². The molecule has 0 aromatic rings. The summed E-state index contributed by atoms with van der Waals surface area (Å²) >= 11 is -2.11. The fourth-order valence-electron chi connectivity index (χ4n) is 0.861. The summed E-state index contributed by atoms with van der Waals surface area (Å²) < 4.78 is 0. The Kier molecular flexibility index (Phi) is 24.1. The van der Waals surface area contributed by atoms with Gasteiger partial charge in [-0.1, -0.05) is 20.8 Å². The Hall–Kier alpha value is 1.38. The molecule has 6 nitrogen and oxygen atoms in total. The maximum atomic E-state index is 5.00. The van der Waals surface area contributed by atoms with E-state index >= 15 is 0 Å². The number of nitrogens with one attached hydrogen (secondary N) is 3. The van der Waals surface area contributed by atoms with E-state index in [2.05, 4.69) is 53.1 Å². The molecular formula is C9H24BCl3N6W-3. The van der Waals surface area contributed by atoms with Gasteiger partial charge in [-0.3, -0.25) is 7.12 Å². The molecule has 0 aromatic carbocycles. The van der Waals surface area contributed by atoms with E-state index < -0.39 is 21.3 Å². The predicted molar refractivity (Wildman–Crippen MR) is 88.3 cm³/mol. The predicted octanol–water partition coefficient (Wildman–Crippen LogP) is 3.90. The monoisotopic (exact) mass is 516 g/mol. The van der Waals surface area contributed by atoms with Crippen LogP contribution in [0.2, 0.25) is 0 Å². The van der Waals surface area contributed by atoms with E-state index in [1.54, 1.807) is 0 Å². The van der Waals surface area contributed by atoms with Gasteiger partial charge < -0.3 is 32.3 Å². The Morgan fingerprint density at radius 1 is 0.750 bits per heavy atom. The molecular weight excluding hydrogens is 493 g/mol. The molecule has 0 radical (unpaired) electrons. The normalized spacial score (nSPS) is 10.3. The Morgan fingerprint density at radius 3 is 1.20 bits per heavy atom. The van der Waals surface area contributed by atoms with Crippen LogP contribution in [-0.4, -0.2) is 26.8 Å². The van der Waals surface area contributed by atoms with Crippen LogP contribution >= 0.6 is 28.3 Å². The molecule has 3 N–H and O–H groups in total. The van der Waals surface area contributed by atoms with Crippen LogP contribution in [0.4, 0.5) is 0 Å². The summed E-state index contributed by atoms with van der Waals surface area (Å²) in [4.78, 5) is 0. The van der Waals surface area contributed by atoms with Crippen molar-refractivity contribution >= 4 is 35.4 Å². The van der Waals surface area contributed by atoms with Crippen molar-refractivity contribution in [1.82, 2.24) is 16.3 Å². The van der Waals surface area contributed by atoms with Crippen LogP contribution in [0.5, 0.6) is 0 Å². The molecule has 0 amide bonds. The minimum absolute atomic E-state index is 0.412. The van der Waals surface area contributed by atoms with Crippen LogP contribution in [0.15, 0.2) is 0 Å². The third-order valence-corrected chi connectivity index (χ3v) is 1.71. The molecule has 0 bridgehead atoms. The second-order valence-corrected chi connectivity index (χ2v) is 16.3. The Bertz CT molecular complexity index is 159. The molecule has 0 fully saturated rings. The Labute approximate surface area is 141 Å². The van der Waals surface area contributed by atoms with Crippen molar-refractivity contribution in [1.29, 1.82) is 0 Å². The molecule has 0 aliphatic carbocycles. The van der Waals surface area contributed by atoms with Crippen molar-refractivity contribution in [3.63, 3.8) is 0 Å². The maximum absolute atomic E-state index is 5.00. The van der Waals surface area contributed by atoms with Crippen molar-refractivity contribution in [2.75, 3.05) is 19.6 Å². The van der Waals surface area contributed by atoms with Gasteiger partial charge in [-0.2, -0.15) is 0 Å². The number of hydrogen-bond donors (Lipinski definition) is 3. The average molecular weight is 517 g/mol. The standard InChI is InChI=1S/C9H24BN6.3ClH.W/c1-4-7-11-14-10(15-12-8-5-2)16-13-9-6-3;;;;/h11-13H,4-9H2,1-3H3;3*1H;/q-3;;;;+3/p-3. The molecule has 0 aromatic heterocycles. The van der Waals surface area contributed by atoms with Crippen LogP contribution < -0.4 is 16.3 Å². The molecule has 0 spiro atoms. The zero-order valence-corrected chi connectivity index (χ0v) is 17.4. The zero-order chi connectivity index (χ0) is 15.6. The second kappa shape index (κ2) is 20.4. The van der Waals surface area contributed by atoms with E-state index in [0.29, 0.717) is 0 Å². The molecule has 0 heterocycles. The number of halogens is 3. The Balaban J connectivity index is 0. The van der Waals surface area contributed by atoms with Crippen LogP contribution in [0.3, 0.4) is 0 Å². The van der Waals surface area contributed by atoms with Crippen molar-refractivity contribution in [3.05, 3.63) is 16.0 Å². The average Bonchev–Trinajstić information content (AvgIpc) is 2.38. The second-order valence-electron chi connectivity index (χ2n) is 3.63. The summed E-state index contributed by atoms with van der Waals surface area (Å²) in [6, 6.07) is 0. The molecule has 0 saturated carbocycles. The first kappa shape index (κ1) is 23.6. The molecule has 0 saturated heterocycles. The molecule has 0 rings (SSSR count). The van der Waals surface area contributed by atoms with E-state index in [-0.39, 0.29) is 0 Å². The van der Waals surface area contributed by atoms with Crippen LogP contribution in [0.1, 0.15) is 40.0 Å². The summed E-state index contributed by atoms with van der Waals surface area (Å²) in [5.74, 6) is 0. The van der Waals surface area contributed by atoms with E-state index in [1.165, 1.54) is 0 Å². The number of nitrogens with zero attached hydrogens (tertiary/aromatic N) is 3. The molecule has 0 unspecified atom stereocenters. The number of hydrogen-bond acceptors (Lipinski definition) is 3. The first-order chi connectivity index (χ1) is 9.58. The fourth-order valence-corrected chi connectivity index (χ4v) is 0.861. The molecule has 11 heteroatoms. The summed E-state index contributed by atoms with van der Waals surface area (Å²) in [6.07, 6.45) is 3.13. The zero-order valence-electron chi connectivity index (χ0n) is 12.2. The van der Waals surface area contributed by atoms with Gasteiger partial charge in [0.05, 0.1) is 0 Å². The third-order valence-electron chi connectivity index (χ3n) is 1.71. The van der Waals surface area contributed by atoms with Gasteiger partial charge in [0.15, 0.2) is 0 Å². The van der Waals surface area contributed by atoms with Gasteiger partial charge in [0.2, 0.25) is 0 Å². The summed E-state index contributed by atoms with van der Waals surface area (Å²) in [5.41, 5.74) is 8.84. The first-order valence-corrected chi connectivity index (χ1v) is 17.5. The molecule has 0 aliphatic rings. The fraction of sp³-hybridized carbons (Fsp3) is 1.00. The molecule has 20 heavy (non-hydrogen) atoms. The van der Waals surface area contributed by atoms with E-state index in [4.69, 9.17) is 28.3 Å². The quantitative estimate of drug-likeness (QED) is 0.209. The topological polar surface area (TPSA) is 78.4 Å². The molecule has 0 aliphatic heterocycles. The van der Waals surface area contributed by atoms with Crippen LogP contribution in [0, 0.1) is 0 Å². The van der Waals surface area contributed by atoms with E-state index in [0.717, 1.165) is 38.9 Å². The SMILES string of the molecule is CCCN[N-]B([N-]NCCC)[N-]NCCC.[Cl][W]([Cl])[Cl]. The van der Waals surface area contributed by atoms with Gasteiger partial charge in [-0.05, 0) is 38.9 Å².